The molecule has 1 aliphatic heterocycles. The summed E-state index contributed by atoms with van der Waals surface area (Å²) in [6, 6.07) is 4.97. The Labute approximate surface area is 153 Å². The Morgan fingerprint density at radius 3 is 2.70 bits per heavy atom. The van der Waals surface area contributed by atoms with Gasteiger partial charge in [0.1, 0.15) is 5.82 Å². The second-order valence-corrected chi connectivity index (χ2v) is 6.40. The molecule has 27 heavy (non-hydrogen) atoms. The second kappa shape index (κ2) is 7.16. The minimum atomic E-state index is -4.34. The highest BCUT2D eigenvalue weighted by molar-refractivity contribution is 5.59. The van der Waals surface area contributed by atoms with Gasteiger partial charge in [-0.25, -0.2) is 9.97 Å². The van der Waals surface area contributed by atoms with Gasteiger partial charge in [0.2, 0.25) is 0 Å². The van der Waals surface area contributed by atoms with Crippen LogP contribution in [0.4, 0.5) is 13.2 Å². The summed E-state index contributed by atoms with van der Waals surface area (Å²) < 4.78 is 43.8. The van der Waals surface area contributed by atoms with Crippen LogP contribution in [0, 0.1) is 0 Å². The first-order valence-corrected chi connectivity index (χ1v) is 8.52. The first-order valence-electron chi connectivity index (χ1n) is 8.52. The maximum Gasteiger partial charge on any atom is 0.416 e. The lowest BCUT2D eigenvalue weighted by atomic mass is 10.1. The number of imidazole rings is 2. The van der Waals surface area contributed by atoms with E-state index in [9.17, 15) is 13.2 Å². The Kier molecular flexibility index (Phi) is 4.71. The van der Waals surface area contributed by atoms with E-state index in [0.29, 0.717) is 31.0 Å². The summed E-state index contributed by atoms with van der Waals surface area (Å²) in [5.41, 5.74) is 1.65. The summed E-state index contributed by atoms with van der Waals surface area (Å²) >= 11 is 0. The van der Waals surface area contributed by atoms with Gasteiger partial charge >= 0.3 is 6.18 Å². The van der Waals surface area contributed by atoms with Crippen molar-refractivity contribution >= 4 is 0 Å². The van der Waals surface area contributed by atoms with Crippen molar-refractivity contribution in [3.8, 4) is 11.3 Å². The molecule has 1 fully saturated rings. The summed E-state index contributed by atoms with van der Waals surface area (Å²) in [6.45, 7) is 2.57. The summed E-state index contributed by atoms with van der Waals surface area (Å²) in [5, 5.41) is 0. The number of morpholine rings is 1. The fraction of sp³-hybridized carbons (Fsp3) is 0.333. The van der Waals surface area contributed by atoms with E-state index in [1.54, 1.807) is 18.7 Å². The molecule has 0 spiro atoms. The minimum Gasteiger partial charge on any atom is -0.378 e. The van der Waals surface area contributed by atoms with Crippen molar-refractivity contribution in [2.45, 2.75) is 18.8 Å². The van der Waals surface area contributed by atoms with Crippen molar-refractivity contribution < 1.29 is 17.9 Å². The molecule has 2 N–H and O–H groups in total. The Morgan fingerprint density at radius 2 is 2.00 bits per heavy atom. The molecule has 3 aromatic rings. The molecule has 3 heterocycles. The van der Waals surface area contributed by atoms with Crippen LogP contribution in [0.5, 0.6) is 0 Å². The van der Waals surface area contributed by atoms with Gasteiger partial charge in [0, 0.05) is 25.0 Å². The highest BCUT2D eigenvalue weighted by Gasteiger charge is 2.30. The number of hydrogen-bond acceptors (Lipinski definition) is 4. The Bertz CT molecular complexity index is 873. The predicted octanol–water partition coefficient (Wildman–Crippen LogP) is 3.39. The van der Waals surface area contributed by atoms with E-state index in [0.717, 1.165) is 30.2 Å². The second-order valence-electron chi connectivity index (χ2n) is 6.40. The van der Waals surface area contributed by atoms with Crippen LogP contribution in [0.3, 0.4) is 0 Å². The van der Waals surface area contributed by atoms with Gasteiger partial charge in [-0.3, -0.25) is 4.90 Å². The van der Waals surface area contributed by atoms with Crippen molar-refractivity contribution in [1.82, 2.24) is 24.8 Å². The molecule has 0 unspecified atom stereocenters. The minimum absolute atomic E-state index is 0.0646. The lowest BCUT2D eigenvalue weighted by Gasteiger charge is -2.33. The van der Waals surface area contributed by atoms with Gasteiger partial charge in [0.25, 0.3) is 0 Å². The van der Waals surface area contributed by atoms with Gasteiger partial charge in [-0.05, 0) is 17.7 Å². The van der Waals surface area contributed by atoms with E-state index < -0.39 is 11.7 Å². The summed E-state index contributed by atoms with van der Waals surface area (Å²) in [6.07, 6.45) is 0.716. The fourth-order valence-corrected chi connectivity index (χ4v) is 3.16. The van der Waals surface area contributed by atoms with Crippen molar-refractivity contribution in [1.29, 1.82) is 0 Å². The van der Waals surface area contributed by atoms with E-state index in [2.05, 4.69) is 24.8 Å². The highest BCUT2D eigenvalue weighted by Crippen LogP contribution is 2.31. The zero-order chi connectivity index (χ0) is 18.9. The van der Waals surface area contributed by atoms with E-state index in [1.807, 2.05) is 0 Å². The highest BCUT2D eigenvalue weighted by atomic mass is 19.4. The van der Waals surface area contributed by atoms with Crippen LogP contribution in [-0.4, -0.2) is 44.6 Å². The topological polar surface area (TPSA) is 69.8 Å². The molecule has 1 aromatic carbocycles. The zero-order valence-corrected chi connectivity index (χ0v) is 14.3. The molecule has 4 rings (SSSR count). The number of nitrogens with zero attached hydrogens (tertiary/aromatic N) is 3. The Hall–Kier alpha value is -2.65. The fourth-order valence-electron chi connectivity index (χ4n) is 3.16. The quantitative estimate of drug-likeness (QED) is 0.731. The molecule has 0 amide bonds. The molecule has 0 radical (unpaired) electrons. The van der Waals surface area contributed by atoms with Gasteiger partial charge in [0.15, 0.2) is 0 Å². The molecule has 2 aromatic heterocycles. The van der Waals surface area contributed by atoms with Crippen molar-refractivity contribution in [2.24, 2.45) is 0 Å². The van der Waals surface area contributed by atoms with Crippen molar-refractivity contribution in [3.63, 3.8) is 0 Å². The number of aromatic nitrogens is 4. The van der Waals surface area contributed by atoms with Gasteiger partial charge in [-0.2, -0.15) is 13.2 Å². The van der Waals surface area contributed by atoms with Crippen LogP contribution in [0.25, 0.3) is 11.3 Å². The average Bonchev–Trinajstić information content (AvgIpc) is 3.34. The van der Waals surface area contributed by atoms with Gasteiger partial charge < -0.3 is 14.7 Å². The molecule has 0 saturated carbocycles. The number of H-pyrrole nitrogens is 2. The van der Waals surface area contributed by atoms with Crippen LogP contribution in [-0.2, 0) is 17.5 Å². The SMILES string of the molecule is FC(F)(F)c1ccc(-c2cnc([C@@H]3COCCN3Cc3cnc[nH]3)[nH]2)cc1. The summed E-state index contributed by atoms with van der Waals surface area (Å²) in [7, 11) is 0. The van der Waals surface area contributed by atoms with Gasteiger partial charge in [-0.15, -0.1) is 0 Å². The normalized spacial score (nSPS) is 18.7. The molecular formula is C18H18F3N5O. The number of aromatic amines is 2. The molecular weight excluding hydrogens is 359 g/mol. The van der Waals surface area contributed by atoms with E-state index in [1.165, 1.54) is 12.1 Å². The van der Waals surface area contributed by atoms with Crippen molar-refractivity contribution in [3.05, 3.63) is 60.1 Å². The number of halogens is 3. The number of hydrogen-bond donors (Lipinski definition) is 2. The van der Waals surface area contributed by atoms with Gasteiger partial charge in [-0.1, -0.05) is 12.1 Å². The molecule has 9 heteroatoms. The zero-order valence-electron chi connectivity index (χ0n) is 14.3. The maximum atomic E-state index is 12.7. The molecule has 142 valence electrons. The molecule has 0 aliphatic carbocycles. The number of benzene rings is 1. The lowest BCUT2D eigenvalue weighted by molar-refractivity contribution is -0.137. The third-order valence-electron chi connectivity index (χ3n) is 4.60. The van der Waals surface area contributed by atoms with Crippen LogP contribution in [0.2, 0.25) is 0 Å². The molecule has 1 saturated heterocycles. The van der Waals surface area contributed by atoms with Crippen LogP contribution < -0.4 is 0 Å². The molecule has 1 aliphatic rings. The van der Waals surface area contributed by atoms with E-state index in [-0.39, 0.29) is 6.04 Å². The van der Waals surface area contributed by atoms with E-state index >= 15 is 0 Å². The molecule has 6 nitrogen and oxygen atoms in total. The molecule has 0 bridgehead atoms. The number of nitrogens with one attached hydrogen (secondary N) is 2. The number of alkyl halides is 3. The number of rotatable bonds is 4. The summed E-state index contributed by atoms with van der Waals surface area (Å²) in [4.78, 5) is 17.0. The van der Waals surface area contributed by atoms with Crippen molar-refractivity contribution in [2.75, 3.05) is 19.8 Å². The van der Waals surface area contributed by atoms with Gasteiger partial charge in [0.05, 0.1) is 43.0 Å². The maximum absolute atomic E-state index is 12.7. The standard InChI is InChI=1S/C18H18F3N5O/c19-18(20,21)13-3-1-12(2-4-13)15-8-23-17(25-15)16-10-27-6-5-26(16)9-14-7-22-11-24-14/h1-4,7-8,11,16H,5-6,9-10H2,(H,22,24)(H,23,25)/t16-/m0/s1. The number of ether oxygens (including phenoxy) is 1. The summed E-state index contributed by atoms with van der Waals surface area (Å²) in [5.74, 6) is 0.726. The molecule has 1 atom stereocenters. The first kappa shape index (κ1) is 17.7. The van der Waals surface area contributed by atoms with Crippen LogP contribution in [0.1, 0.15) is 23.1 Å². The van der Waals surface area contributed by atoms with Crippen LogP contribution in [0.15, 0.2) is 43.0 Å². The Morgan fingerprint density at radius 1 is 1.19 bits per heavy atom. The largest absolute Gasteiger partial charge is 0.416 e. The van der Waals surface area contributed by atoms with E-state index in [4.69, 9.17) is 4.74 Å². The lowest BCUT2D eigenvalue weighted by Crippen LogP contribution is -2.39. The third-order valence-corrected chi connectivity index (χ3v) is 4.60. The monoisotopic (exact) mass is 377 g/mol. The first-order chi connectivity index (χ1) is 13.0. The predicted molar refractivity (Wildman–Crippen MR) is 91.6 cm³/mol. The smallest absolute Gasteiger partial charge is 0.378 e. The average molecular weight is 377 g/mol. The Balaban J connectivity index is 1.53. The third kappa shape index (κ3) is 3.88. The van der Waals surface area contributed by atoms with Crippen LogP contribution >= 0.6 is 0 Å².